The van der Waals surface area contributed by atoms with Crippen LogP contribution in [-0.2, 0) is 51.4 Å². The molecule has 0 aromatic heterocycles. The molecule has 0 aliphatic heterocycles. The quantitative estimate of drug-likeness (QED) is 0.0695. The minimum Gasteiger partial charge on any atom is -0.507 e. The predicted molar refractivity (Wildman–Crippen MR) is 246 cm³/mol. The fourth-order valence-corrected chi connectivity index (χ4v) is 10.3. The lowest BCUT2D eigenvalue weighted by atomic mass is 9.86. The van der Waals surface area contributed by atoms with Crippen LogP contribution in [0.1, 0.15) is 254 Å². The molecule has 55 heavy (non-hydrogen) atoms. The molecule has 2 rings (SSSR count). The van der Waals surface area contributed by atoms with Crippen molar-refractivity contribution in [1.29, 1.82) is 0 Å². The van der Waals surface area contributed by atoms with Crippen molar-refractivity contribution in [2.45, 2.75) is 271 Å². The fraction of sp³-hybridized carbons (Fsp3) is 0.769. The summed E-state index contributed by atoms with van der Waals surface area (Å²) in [6.45, 7) is 18.5. The summed E-state index contributed by atoms with van der Waals surface area (Å²) in [5.74, 6) is 1.32. The highest BCUT2D eigenvalue weighted by Crippen LogP contribution is 2.49. The van der Waals surface area contributed by atoms with Crippen molar-refractivity contribution in [2.75, 3.05) is 0 Å². The first-order chi connectivity index (χ1) is 26.9. The minimum atomic E-state index is 0.659. The molecule has 3 heteroatoms. The molecule has 0 amide bonds. The average molecular weight is 779 g/mol. The van der Waals surface area contributed by atoms with Crippen LogP contribution in [0.2, 0.25) is 0 Å². The molecule has 0 saturated heterocycles. The number of rotatable bonds is 34. The minimum absolute atomic E-state index is 0.659. The Balaban J connectivity index is 3.19. The summed E-state index contributed by atoms with van der Waals surface area (Å²) in [4.78, 5) is 3.03. The molecule has 0 fully saturated rings. The SMILES string of the molecule is CCCCCc1c(O)c(CCCCC)c(CCCCC)c(Sc2c(CCCCC)c(CCCCC)c(O)c(CCCCC)c2CCCCC)c1CCCCC. The summed E-state index contributed by atoms with van der Waals surface area (Å²) in [5, 5.41) is 24.9. The van der Waals surface area contributed by atoms with Crippen LogP contribution >= 0.6 is 11.8 Å². The average Bonchev–Trinajstić information content (AvgIpc) is 3.18. The van der Waals surface area contributed by atoms with Crippen molar-refractivity contribution in [3.8, 4) is 11.5 Å². The zero-order chi connectivity index (χ0) is 40.3. The number of phenolic OH excluding ortho intramolecular Hbond substituents is 2. The zero-order valence-electron chi connectivity index (χ0n) is 37.9. The number of hydrogen-bond donors (Lipinski definition) is 2. The van der Waals surface area contributed by atoms with Crippen LogP contribution in [-0.4, -0.2) is 10.2 Å². The Morgan fingerprint density at radius 1 is 0.255 bits per heavy atom. The number of aromatic hydroxyl groups is 2. The lowest BCUT2D eigenvalue weighted by molar-refractivity contribution is 0.452. The molecule has 0 aliphatic carbocycles. The molecule has 0 heterocycles. The van der Waals surface area contributed by atoms with Gasteiger partial charge >= 0.3 is 0 Å². The second-order valence-electron chi connectivity index (χ2n) is 16.9. The Labute approximate surface area is 347 Å². The van der Waals surface area contributed by atoms with Gasteiger partial charge in [-0.1, -0.05) is 170 Å². The third kappa shape index (κ3) is 16.3. The van der Waals surface area contributed by atoms with Gasteiger partial charge in [-0.15, -0.1) is 0 Å². The molecule has 0 unspecified atom stereocenters. The molecule has 2 N–H and O–H groups in total. The van der Waals surface area contributed by atoms with Crippen molar-refractivity contribution < 1.29 is 10.2 Å². The van der Waals surface area contributed by atoms with E-state index in [9.17, 15) is 10.2 Å². The number of phenols is 2. The smallest absolute Gasteiger partial charge is 0.122 e. The Kier molecular flexibility index (Phi) is 27.4. The maximum absolute atomic E-state index is 12.5. The molecule has 0 atom stereocenters. The maximum atomic E-state index is 12.5. The molecule has 2 aromatic rings. The third-order valence-electron chi connectivity index (χ3n) is 12.1. The summed E-state index contributed by atoms with van der Waals surface area (Å²) in [5.41, 5.74) is 11.0. The lowest BCUT2D eigenvalue weighted by Gasteiger charge is -2.28. The van der Waals surface area contributed by atoms with Crippen molar-refractivity contribution in [2.24, 2.45) is 0 Å². The van der Waals surface area contributed by atoms with Gasteiger partial charge in [0.05, 0.1) is 0 Å². The molecule has 2 aromatic carbocycles. The first kappa shape index (κ1) is 49.5. The second-order valence-corrected chi connectivity index (χ2v) is 18.0. The van der Waals surface area contributed by atoms with Crippen molar-refractivity contribution >= 4 is 11.8 Å². The van der Waals surface area contributed by atoms with Crippen LogP contribution in [0.25, 0.3) is 0 Å². The van der Waals surface area contributed by atoms with E-state index < -0.39 is 0 Å². The lowest BCUT2D eigenvalue weighted by Crippen LogP contribution is -2.11. The van der Waals surface area contributed by atoms with Crippen LogP contribution in [0.5, 0.6) is 11.5 Å². The molecule has 0 bridgehead atoms. The van der Waals surface area contributed by atoms with Gasteiger partial charge in [-0.3, -0.25) is 0 Å². The van der Waals surface area contributed by atoms with Crippen molar-refractivity contribution in [3.05, 3.63) is 44.5 Å². The molecular weight excluding hydrogens is 689 g/mol. The van der Waals surface area contributed by atoms with Gasteiger partial charge in [0.2, 0.25) is 0 Å². The van der Waals surface area contributed by atoms with E-state index in [0.717, 1.165) is 77.0 Å². The van der Waals surface area contributed by atoms with E-state index in [1.807, 2.05) is 0 Å². The number of unbranched alkanes of at least 4 members (excludes halogenated alkanes) is 16. The highest BCUT2D eigenvalue weighted by molar-refractivity contribution is 7.99. The predicted octanol–water partition coefficient (Wildman–Crippen LogP) is 17.1. The largest absolute Gasteiger partial charge is 0.507 e. The summed E-state index contributed by atoms with van der Waals surface area (Å²) in [7, 11) is 0. The summed E-state index contributed by atoms with van der Waals surface area (Å²) in [6.07, 6.45) is 36.9. The molecule has 0 saturated carbocycles. The van der Waals surface area contributed by atoms with E-state index in [4.69, 9.17) is 0 Å². The molecular formula is C52H90O2S. The van der Waals surface area contributed by atoms with Crippen LogP contribution in [0.3, 0.4) is 0 Å². The Morgan fingerprint density at radius 2 is 0.418 bits per heavy atom. The van der Waals surface area contributed by atoms with Gasteiger partial charge < -0.3 is 10.2 Å². The first-order valence-electron chi connectivity index (χ1n) is 24.3. The van der Waals surface area contributed by atoms with E-state index >= 15 is 0 Å². The van der Waals surface area contributed by atoms with Crippen LogP contribution in [0, 0.1) is 0 Å². The highest BCUT2D eigenvalue weighted by Gasteiger charge is 2.28. The van der Waals surface area contributed by atoms with E-state index in [1.165, 1.54) is 183 Å². The van der Waals surface area contributed by atoms with Crippen LogP contribution < -0.4 is 0 Å². The van der Waals surface area contributed by atoms with Gasteiger partial charge in [0.15, 0.2) is 0 Å². The number of hydrogen-bond acceptors (Lipinski definition) is 3. The summed E-state index contributed by atoms with van der Waals surface area (Å²) in [6, 6.07) is 0. The summed E-state index contributed by atoms with van der Waals surface area (Å²) < 4.78 is 0. The van der Waals surface area contributed by atoms with E-state index in [0.29, 0.717) is 11.5 Å². The molecule has 316 valence electrons. The van der Waals surface area contributed by atoms with Crippen LogP contribution in [0.15, 0.2) is 9.79 Å². The number of benzene rings is 2. The normalized spacial score (nSPS) is 11.6. The van der Waals surface area contributed by atoms with Crippen molar-refractivity contribution in [3.63, 3.8) is 0 Å². The Morgan fingerprint density at radius 3 is 0.582 bits per heavy atom. The topological polar surface area (TPSA) is 40.5 Å². The van der Waals surface area contributed by atoms with Gasteiger partial charge in [0, 0.05) is 9.79 Å². The van der Waals surface area contributed by atoms with Gasteiger partial charge in [-0.25, -0.2) is 0 Å². The summed E-state index contributed by atoms with van der Waals surface area (Å²) >= 11 is 2.13. The standard InChI is InChI=1S/C52H90O2S/c1-9-17-25-33-41-45(37-29-21-13-5)51(46(38-30-22-14-6)42(49(41)53)34-26-18-10-2)55-52-47(39-31-23-15-7)43(35-27-19-11-3)50(54)44(36-28-20-12-4)48(52)40-32-24-16-8/h53-54H,9-40H2,1-8H3. The monoisotopic (exact) mass is 779 g/mol. The third-order valence-corrected chi connectivity index (χ3v) is 13.5. The second kappa shape index (κ2) is 30.5. The fourth-order valence-electron chi connectivity index (χ4n) is 8.75. The van der Waals surface area contributed by atoms with Gasteiger partial charge in [-0.2, -0.15) is 0 Å². The van der Waals surface area contributed by atoms with E-state index in [-0.39, 0.29) is 0 Å². The first-order valence-corrected chi connectivity index (χ1v) is 25.2. The maximum Gasteiger partial charge on any atom is 0.122 e. The van der Waals surface area contributed by atoms with Gasteiger partial charge in [0.1, 0.15) is 11.5 Å². The highest BCUT2D eigenvalue weighted by atomic mass is 32.2. The Hall–Kier alpha value is -1.61. The molecule has 2 nitrogen and oxygen atoms in total. The van der Waals surface area contributed by atoms with E-state index in [2.05, 4.69) is 67.2 Å². The van der Waals surface area contributed by atoms with Gasteiger partial charge in [-0.05, 0) is 147 Å². The Bertz CT molecular complexity index is 1120. The molecule has 0 aliphatic rings. The molecule has 0 radical (unpaired) electrons. The van der Waals surface area contributed by atoms with Crippen LogP contribution in [0.4, 0.5) is 0 Å². The van der Waals surface area contributed by atoms with Gasteiger partial charge in [0.25, 0.3) is 0 Å². The zero-order valence-corrected chi connectivity index (χ0v) is 38.7. The van der Waals surface area contributed by atoms with E-state index in [1.54, 1.807) is 0 Å². The van der Waals surface area contributed by atoms with Crippen molar-refractivity contribution in [1.82, 2.24) is 0 Å². The molecule has 0 spiro atoms.